The number of aryl methyl sites for hydroxylation is 1. The van der Waals surface area contributed by atoms with E-state index in [4.69, 9.17) is 11.6 Å². The second-order valence-electron chi connectivity index (χ2n) is 3.82. The van der Waals surface area contributed by atoms with Gasteiger partial charge in [0.2, 0.25) is 11.2 Å². The molecule has 2 heterocycles. The topological polar surface area (TPSA) is 54.9 Å². The lowest BCUT2D eigenvalue weighted by molar-refractivity contribution is -0.117. The predicted molar refractivity (Wildman–Crippen MR) is 60.3 cm³/mol. The van der Waals surface area contributed by atoms with Crippen LogP contribution in [0.5, 0.6) is 0 Å². The lowest BCUT2D eigenvalue weighted by atomic mass is 10.2. The zero-order valence-electron chi connectivity index (χ0n) is 8.59. The van der Waals surface area contributed by atoms with Crippen LogP contribution >= 0.6 is 23.4 Å². The molecule has 0 atom stereocenters. The number of carbonyl (C=O) groups excluding carboxylic acids is 1. The summed E-state index contributed by atoms with van der Waals surface area (Å²) in [5.74, 6) is -0.0333. The summed E-state index contributed by atoms with van der Waals surface area (Å²) >= 11 is 7.17. The number of nitrogens with one attached hydrogen (secondary N) is 1. The van der Waals surface area contributed by atoms with Crippen molar-refractivity contribution >= 4 is 35.0 Å². The summed E-state index contributed by atoms with van der Waals surface area (Å²) in [7, 11) is 0. The number of thioether (sulfide) groups is 1. The fourth-order valence-electron chi connectivity index (χ4n) is 1.28. The maximum atomic E-state index is 11.7. The zero-order chi connectivity index (χ0) is 11.2. The van der Waals surface area contributed by atoms with Gasteiger partial charge in [-0.2, -0.15) is 0 Å². The number of aromatic nitrogens is 2. The van der Waals surface area contributed by atoms with Crippen LogP contribution in [-0.2, 0) is 4.79 Å². The molecule has 15 heavy (non-hydrogen) atoms. The molecule has 1 aromatic rings. The van der Waals surface area contributed by atoms with E-state index in [9.17, 15) is 4.79 Å². The number of hydrogen-bond acceptors (Lipinski definition) is 4. The van der Waals surface area contributed by atoms with Gasteiger partial charge in [-0.05, 0) is 32.4 Å². The van der Waals surface area contributed by atoms with Crippen LogP contribution in [0.1, 0.15) is 19.5 Å². The van der Waals surface area contributed by atoms with Gasteiger partial charge in [0.25, 0.3) is 0 Å². The second-order valence-corrected chi connectivity index (χ2v) is 5.77. The Morgan fingerprint density at radius 1 is 1.40 bits per heavy atom. The molecule has 2 rings (SSSR count). The summed E-state index contributed by atoms with van der Waals surface area (Å²) < 4.78 is -0.517. The number of halogens is 1. The highest BCUT2D eigenvalue weighted by Crippen LogP contribution is 2.41. The lowest BCUT2D eigenvalue weighted by Gasteiger charge is -2.29. The van der Waals surface area contributed by atoms with Gasteiger partial charge in [0.1, 0.15) is 5.03 Å². The number of rotatable bonds is 0. The molecule has 1 aliphatic heterocycles. The van der Waals surface area contributed by atoms with Gasteiger partial charge >= 0.3 is 0 Å². The first-order valence-corrected chi connectivity index (χ1v) is 5.64. The van der Waals surface area contributed by atoms with Crippen LogP contribution in [0.4, 0.5) is 5.69 Å². The molecule has 0 fully saturated rings. The molecule has 4 nitrogen and oxygen atoms in total. The average molecular weight is 244 g/mol. The molecule has 0 bridgehead atoms. The molecule has 0 radical (unpaired) electrons. The monoisotopic (exact) mass is 243 g/mol. The third kappa shape index (κ3) is 1.81. The Balaban J connectivity index is 2.55. The molecule has 0 saturated heterocycles. The highest BCUT2D eigenvalue weighted by molar-refractivity contribution is 8.01. The minimum atomic E-state index is -0.517. The van der Waals surface area contributed by atoms with E-state index in [1.54, 1.807) is 6.92 Å². The summed E-state index contributed by atoms with van der Waals surface area (Å²) in [6.45, 7) is 5.49. The average Bonchev–Trinajstić information content (AvgIpc) is 2.08. The number of hydrogen-bond donors (Lipinski definition) is 1. The standard InChI is InChI=1S/C9H10ClN3OS/c1-4-5-6(13-8(10)11-4)15-9(2,3)7(14)12-5/h1-3H3,(H,12,14). The van der Waals surface area contributed by atoms with Gasteiger partial charge in [0, 0.05) is 0 Å². The smallest absolute Gasteiger partial charge is 0.240 e. The Morgan fingerprint density at radius 3 is 2.73 bits per heavy atom. The van der Waals surface area contributed by atoms with Gasteiger partial charge in [-0.1, -0.05) is 11.8 Å². The van der Waals surface area contributed by atoms with Crippen molar-refractivity contribution in [2.24, 2.45) is 0 Å². The van der Waals surface area contributed by atoms with E-state index in [1.165, 1.54) is 11.8 Å². The summed E-state index contributed by atoms with van der Waals surface area (Å²) in [5.41, 5.74) is 1.37. The number of anilines is 1. The van der Waals surface area contributed by atoms with Crippen molar-refractivity contribution in [3.63, 3.8) is 0 Å². The molecule has 0 unspecified atom stereocenters. The SMILES string of the molecule is Cc1nc(Cl)nc2c1NC(=O)C(C)(C)S2. The van der Waals surface area contributed by atoms with Crippen LogP contribution in [0.2, 0.25) is 5.28 Å². The largest absolute Gasteiger partial charge is 0.321 e. The van der Waals surface area contributed by atoms with Gasteiger partial charge in [-0.25, -0.2) is 9.97 Å². The molecular weight excluding hydrogens is 234 g/mol. The maximum Gasteiger partial charge on any atom is 0.240 e. The van der Waals surface area contributed by atoms with Crippen LogP contribution < -0.4 is 5.32 Å². The normalized spacial score (nSPS) is 18.3. The van der Waals surface area contributed by atoms with Crippen LogP contribution in [0.3, 0.4) is 0 Å². The van der Waals surface area contributed by atoms with Gasteiger partial charge in [-0.15, -0.1) is 0 Å². The predicted octanol–water partition coefficient (Wildman–Crippen LogP) is 2.26. The molecular formula is C9H10ClN3OS. The van der Waals surface area contributed by atoms with E-state index >= 15 is 0 Å². The summed E-state index contributed by atoms with van der Waals surface area (Å²) in [6.07, 6.45) is 0. The van der Waals surface area contributed by atoms with E-state index in [0.717, 1.165) is 5.03 Å². The van der Waals surface area contributed by atoms with Gasteiger partial charge in [0.15, 0.2) is 0 Å². The molecule has 0 aromatic carbocycles. The molecule has 1 aromatic heterocycles. The van der Waals surface area contributed by atoms with Gasteiger partial charge in [-0.3, -0.25) is 4.79 Å². The molecule has 1 N–H and O–H groups in total. The van der Waals surface area contributed by atoms with Crippen molar-refractivity contribution in [3.05, 3.63) is 11.0 Å². The Hall–Kier alpha value is -0.810. The van der Waals surface area contributed by atoms with E-state index in [0.29, 0.717) is 11.4 Å². The highest BCUT2D eigenvalue weighted by Gasteiger charge is 2.36. The minimum absolute atomic E-state index is 0.0333. The fourth-order valence-corrected chi connectivity index (χ4v) is 2.61. The highest BCUT2D eigenvalue weighted by atomic mass is 35.5. The Morgan fingerprint density at radius 2 is 2.07 bits per heavy atom. The minimum Gasteiger partial charge on any atom is -0.321 e. The Labute approximate surface area is 96.8 Å². The molecule has 1 amide bonds. The molecule has 1 aliphatic rings. The summed E-state index contributed by atoms with van der Waals surface area (Å²) in [6, 6.07) is 0. The van der Waals surface area contributed by atoms with E-state index in [1.807, 2.05) is 13.8 Å². The third-order valence-corrected chi connectivity index (χ3v) is 3.52. The van der Waals surface area contributed by atoms with E-state index < -0.39 is 4.75 Å². The first kappa shape index (κ1) is 10.7. The van der Waals surface area contributed by atoms with Crippen molar-refractivity contribution in [1.29, 1.82) is 0 Å². The number of nitrogens with zero attached hydrogens (tertiary/aromatic N) is 2. The van der Waals surface area contributed by atoms with Crippen LogP contribution in [0, 0.1) is 6.92 Å². The van der Waals surface area contributed by atoms with Crippen LogP contribution in [0.25, 0.3) is 0 Å². The molecule has 0 saturated carbocycles. The second kappa shape index (κ2) is 3.35. The molecule has 6 heteroatoms. The Bertz CT molecular complexity index is 447. The lowest BCUT2D eigenvalue weighted by Crippen LogP contribution is -2.37. The van der Waals surface area contributed by atoms with Crippen molar-refractivity contribution < 1.29 is 4.79 Å². The van der Waals surface area contributed by atoms with Gasteiger partial charge in [0.05, 0.1) is 16.1 Å². The first-order chi connectivity index (χ1) is 6.90. The van der Waals surface area contributed by atoms with Crippen molar-refractivity contribution in [2.45, 2.75) is 30.5 Å². The quantitative estimate of drug-likeness (QED) is 0.561. The first-order valence-electron chi connectivity index (χ1n) is 4.45. The van der Waals surface area contributed by atoms with Gasteiger partial charge < -0.3 is 5.32 Å². The third-order valence-electron chi connectivity index (χ3n) is 2.17. The van der Waals surface area contributed by atoms with Crippen LogP contribution in [-0.4, -0.2) is 20.6 Å². The molecule has 0 spiro atoms. The van der Waals surface area contributed by atoms with Crippen molar-refractivity contribution in [2.75, 3.05) is 5.32 Å². The maximum absolute atomic E-state index is 11.7. The molecule has 80 valence electrons. The number of amides is 1. The summed E-state index contributed by atoms with van der Waals surface area (Å²) in [4.78, 5) is 19.8. The van der Waals surface area contributed by atoms with E-state index in [2.05, 4.69) is 15.3 Å². The molecule has 0 aliphatic carbocycles. The number of fused-ring (bicyclic) bond motifs is 1. The number of carbonyl (C=O) groups is 1. The summed E-state index contributed by atoms with van der Waals surface area (Å²) in [5, 5.41) is 3.75. The van der Waals surface area contributed by atoms with E-state index in [-0.39, 0.29) is 11.2 Å². The van der Waals surface area contributed by atoms with Crippen molar-refractivity contribution in [1.82, 2.24) is 9.97 Å². The van der Waals surface area contributed by atoms with Crippen molar-refractivity contribution in [3.8, 4) is 0 Å². The van der Waals surface area contributed by atoms with Crippen LogP contribution in [0.15, 0.2) is 5.03 Å². The Kier molecular flexibility index (Phi) is 2.39. The zero-order valence-corrected chi connectivity index (χ0v) is 10.2. The fraction of sp³-hybridized carbons (Fsp3) is 0.444.